The molecule has 0 aliphatic rings. The lowest BCUT2D eigenvalue weighted by molar-refractivity contribution is -0.385. The van der Waals surface area contributed by atoms with Crippen molar-refractivity contribution in [2.75, 3.05) is 6.61 Å². The number of carboxylic acids is 1. The first kappa shape index (κ1) is 25.3. The van der Waals surface area contributed by atoms with E-state index in [2.05, 4.69) is 41.9 Å². The molecule has 0 fully saturated rings. The van der Waals surface area contributed by atoms with Crippen LogP contribution in [0, 0.1) is 10.1 Å². The van der Waals surface area contributed by atoms with Crippen molar-refractivity contribution in [2.45, 2.75) is 0 Å². The van der Waals surface area contributed by atoms with Crippen LogP contribution in [0.5, 0.6) is 5.75 Å². The fourth-order valence-electron chi connectivity index (χ4n) is 3.76. The number of nitro benzene ring substituents is 1. The fourth-order valence-corrected chi connectivity index (χ4v) is 4.60. The van der Waals surface area contributed by atoms with Crippen LogP contribution >= 0.6 is 31.9 Å². The molecule has 0 saturated heterocycles. The predicted molar refractivity (Wildman–Crippen MR) is 146 cm³/mol. The van der Waals surface area contributed by atoms with Crippen LogP contribution in [0.3, 0.4) is 0 Å². The topological polar surface area (TPSA) is 150 Å². The van der Waals surface area contributed by atoms with Gasteiger partial charge in [0.05, 0.1) is 22.0 Å². The van der Waals surface area contributed by atoms with Gasteiger partial charge in [0.2, 0.25) is 11.6 Å². The predicted octanol–water partition coefficient (Wildman–Crippen LogP) is 5.59. The Balaban J connectivity index is 1.72. The van der Waals surface area contributed by atoms with Gasteiger partial charge in [-0.1, -0.05) is 44.0 Å². The number of furan rings is 1. The van der Waals surface area contributed by atoms with Crippen LogP contribution in [-0.2, 0) is 4.79 Å². The van der Waals surface area contributed by atoms with Crippen LogP contribution in [0.2, 0.25) is 0 Å². The van der Waals surface area contributed by atoms with E-state index in [1.165, 1.54) is 12.1 Å². The molecule has 0 atom stereocenters. The molecule has 13 heteroatoms. The summed E-state index contributed by atoms with van der Waals surface area (Å²) >= 11 is 6.63. The lowest BCUT2D eigenvalue weighted by Gasteiger charge is -2.10. The van der Waals surface area contributed by atoms with Crippen LogP contribution in [0.4, 0.5) is 5.69 Å². The van der Waals surface area contributed by atoms with Crippen molar-refractivity contribution in [3.8, 4) is 17.3 Å². The van der Waals surface area contributed by atoms with Gasteiger partial charge in [-0.25, -0.2) is 9.78 Å². The third-order valence-corrected chi connectivity index (χ3v) is 6.32. The Morgan fingerprint density at radius 1 is 1.16 bits per heavy atom. The van der Waals surface area contributed by atoms with Crippen molar-refractivity contribution in [1.29, 1.82) is 0 Å². The Hall–Kier alpha value is -4.36. The number of nitrogens with zero attached hydrogens (tertiary/aromatic N) is 4. The highest BCUT2D eigenvalue weighted by molar-refractivity contribution is 9.10. The molecule has 0 aliphatic heterocycles. The summed E-state index contributed by atoms with van der Waals surface area (Å²) in [4.78, 5) is 40.1. The largest absolute Gasteiger partial charge is 0.479 e. The fraction of sp³-hybridized carbons (Fsp3) is 0.0400. The van der Waals surface area contributed by atoms with E-state index in [1.807, 2.05) is 12.1 Å². The first-order valence-electron chi connectivity index (χ1n) is 10.8. The molecule has 2 heterocycles. The summed E-state index contributed by atoms with van der Waals surface area (Å²) in [6, 6.07) is 16.5. The van der Waals surface area contributed by atoms with E-state index in [1.54, 1.807) is 36.4 Å². The summed E-state index contributed by atoms with van der Waals surface area (Å²) in [6.45, 7) is -0.819. The Labute approximate surface area is 229 Å². The maximum atomic E-state index is 13.5. The van der Waals surface area contributed by atoms with Crippen molar-refractivity contribution in [1.82, 2.24) is 9.66 Å². The van der Waals surface area contributed by atoms with Gasteiger partial charge in [-0.15, -0.1) is 0 Å². The molecule has 0 spiro atoms. The van der Waals surface area contributed by atoms with E-state index in [0.29, 0.717) is 15.6 Å². The molecule has 190 valence electrons. The maximum absolute atomic E-state index is 13.5. The number of hydrogen-bond acceptors (Lipinski definition) is 8. The molecule has 5 rings (SSSR count). The number of halogens is 2. The Bertz CT molecular complexity index is 1850. The molecule has 0 aliphatic carbocycles. The van der Waals surface area contributed by atoms with Crippen LogP contribution < -0.4 is 10.3 Å². The number of ether oxygens (including phenoxy) is 1. The standard InChI is InChI=1S/C25H14Br2N4O7/c26-15-5-6-20-13(7-15)9-21(38-20)24-29-18-4-2-1-3-17(18)25(34)30(24)28-11-14-8-16(27)10-19(31(35)36)23(14)37-12-22(32)33/h1-11H,12H2,(H,32,33). The number of carbonyl (C=O) groups is 1. The second kappa shape index (κ2) is 10.2. The molecule has 11 nitrogen and oxygen atoms in total. The van der Waals surface area contributed by atoms with Crippen molar-refractivity contribution in [2.24, 2.45) is 5.10 Å². The highest BCUT2D eigenvalue weighted by Gasteiger charge is 2.22. The Kier molecular flexibility index (Phi) is 6.78. The minimum Gasteiger partial charge on any atom is -0.479 e. The minimum absolute atomic E-state index is 0.0619. The quantitative estimate of drug-likeness (QED) is 0.137. The summed E-state index contributed by atoms with van der Waals surface area (Å²) < 4.78 is 13.4. The average molecular weight is 642 g/mol. The number of benzene rings is 3. The summed E-state index contributed by atoms with van der Waals surface area (Å²) in [5, 5.41) is 26.0. The van der Waals surface area contributed by atoms with E-state index in [4.69, 9.17) is 14.3 Å². The van der Waals surface area contributed by atoms with Crippen molar-refractivity contribution in [3.63, 3.8) is 0 Å². The van der Waals surface area contributed by atoms with Gasteiger partial charge in [-0.05, 0) is 42.5 Å². The molecule has 5 aromatic rings. The molecule has 1 N–H and O–H groups in total. The van der Waals surface area contributed by atoms with Gasteiger partial charge in [0.15, 0.2) is 12.4 Å². The van der Waals surface area contributed by atoms with Crippen LogP contribution in [-0.4, -0.2) is 38.5 Å². The van der Waals surface area contributed by atoms with E-state index < -0.39 is 28.7 Å². The highest BCUT2D eigenvalue weighted by Crippen LogP contribution is 2.34. The zero-order valence-corrected chi connectivity index (χ0v) is 22.2. The number of carboxylic acid groups (broad SMARTS) is 1. The molecule has 3 aromatic carbocycles. The monoisotopic (exact) mass is 640 g/mol. The first-order valence-corrected chi connectivity index (χ1v) is 12.4. The van der Waals surface area contributed by atoms with Gasteiger partial charge in [0.25, 0.3) is 5.56 Å². The summed E-state index contributed by atoms with van der Waals surface area (Å²) in [7, 11) is 0. The van der Waals surface area contributed by atoms with Gasteiger partial charge in [-0.2, -0.15) is 9.78 Å². The second-order valence-electron chi connectivity index (χ2n) is 7.89. The van der Waals surface area contributed by atoms with E-state index in [0.717, 1.165) is 20.7 Å². The van der Waals surface area contributed by atoms with Crippen molar-refractivity contribution in [3.05, 3.63) is 95.6 Å². The zero-order chi connectivity index (χ0) is 27.0. The molecule has 38 heavy (non-hydrogen) atoms. The number of fused-ring (bicyclic) bond motifs is 2. The first-order chi connectivity index (χ1) is 18.2. The number of rotatable bonds is 7. The molecule has 0 saturated carbocycles. The summed E-state index contributed by atoms with van der Waals surface area (Å²) in [5.74, 6) is -1.28. The summed E-state index contributed by atoms with van der Waals surface area (Å²) in [5.41, 5.74) is 0.0549. The van der Waals surface area contributed by atoms with Gasteiger partial charge in [-0.3, -0.25) is 14.9 Å². The SMILES string of the molecule is O=C(O)COc1c(C=Nn2c(-c3cc4cc(Br)ccc4o3)nc3ccccc3c2=O)cc(Br)cc1[N+](=O)[O-]. The van der Waals surface area contributed by atoms with E-state index in [9.17, 15) is 19.7 Å². The van der Waals surface area contributed by atoms with Crippen molar-refractivity contribution >= 4 is 71.6 Å². The lowest BCUT2D eigenvalue weighted by atomic mass is 10.2. The third kappa shape index (κ3) is 4.93. The summed E-state index contributed by atoms with van der Waals surface area (Å²) in [6.07, 6.45) is 1.16. The van der Waals surface area contributed by atoms with Crippen molar-refractivity contribution < 1.29 is 24.0 Å². The van der Waals surface area contributed by atoms with Crippen LogP contribution in [0.15, 0.2) is 83.9 Å². The molecule has 2 aromatic heterocycles. The molecule has 0 amide bonds. The van der Waals surface area contributed by atoms with Gasteiger partial charge in [0.1, 0.15) is 5.58 Å². The Morgan fingerprint density at radius 2 is 1.95 bits per heavy atom. The molecule has 0 radical (unpaired) electrons. The van der Waals surface area contributed by atoms with Gasteiger partial charge >= 0.3 is 11.7 Å². The number of aromatic nitrogens is 2. The smallest absolute Gasteiger partial charge is 0.341 e. The number of para-hydroxylation sites is 1. The number of aliphatic carboxylic acids is 1. The molecular weight excluding hydrogens is 628 g/mol. The Morgan fingerprint density at radius 3 is 2.71 bits per heavy atom. The zero-order valence-electron chi connectivity index (χ0n) is 19.0. The molecular formula is C25H14Br2N4O7. The highest BCUT2D eigenvalue weighted by atomic mass is 79.9. The van der Waals surface area contributed by atoms with Gasteiger partial charge in [0, 0.05) is 26.0 Å². The number of hydrogen-bond donors (Lipinski definition) is 1. The van der Waals surface area contributed by atoms with Crippen LogP contribution in [0.1, 0.15) is 5.56 Å². The van der Waals surface area contributed by atoms with E-state index >= 15 is 0 Å². The minimum atomic E-state index is -1.32. The molecule has 0 unspecified atom stereocenters. The number of nitro groups is 1. The second-order valence-corrected chi connectivity index (χ2v) is 9.72. The van der Waals surface area contributed by atoms with Gasteiger partial charge < -0.3 is 14.3 Å². The van der Waals surface area contributed by atoms with Crippen LogP contribution in [0.25, 0.3) is 33.5 Å². The normalized spacial score (nSPS) is 11.4. The maximum Gasteiger partial charge on any atom is 0.341 e. The molecule has 0 bridgehead atoms. The third-order valence-electron chi connectivity index (χ3n) is 5.36. The average Bonchev–Trinajstić information content (AvgIpc) is 3.30. The lowest BCUT2D eigenvalue weighted by Crippen LogP contribution is -2.20. The van der Waals surface area contributed by atoms with E-state index in [-0.39, 0.29) is 28.3 Å².